The van der Waals surface area contributed by atoms with E-state index >= 15 is 0 Å². The van der Waals surface area contributed by atoms with Crippen molar-refractivity contribution in [1.29, 1.82) is 0 Å². The van der Waals surface area contributed by atoms with Crippen molar-refractivity contribution in [3.05, 3.63) is 63.6 Å². The molecule has 0 saturated carbocycles. The molecule has 2 heterocycles. The molecule has 0 aliphatic carbocycles. The maximum absolute atomic E-state index is 13.0. The smallest absolute Gasteiger partial charge is 0.268 e. The van der Waals surface area contributed by atoms with E-state index in [1.807, 2.05) is 32.0 Å². The highest BCUT2D eigenvalue weighted by Crippen LogP contribution is 2.27. The van der Waals surface area contributed by atoms with E-state index < -0.39 is 0 Å². The predicted molar refractivity (Wildman–Crippen MR) is 120 cm³/mol. The molecule has 0 unspecified atom stereocenters. The van der Waals surface area contributed by atoms with Crippen LogP contribution in [0, 0.1) is 13.8 Å². The van der Waals surface area contributed by atoms with Gasteiger partial charge in [-0.1, -0.05) is 12.1 Å². The van der Waals surface area contributed by atoms with Crippen molar-refractivity contribution < 1.29 is 9.47 Å². The molecule has 2 aromatic heterocycles. The van der Waals surface area contributed by atoms with E-state index in [2.05, 4.69) is 28.3 Å². The minimum absolute atomic E-state index is 0.0780. The Bertz CT molecular complexity index is 1100. The van der Waals surface area contributed by atoms with Crippen molar-refractivity contribution in [2.24, 2.45) is 0 Å². The third-order valence-corrected chi connectivity index (χ3v) is 5.93. The van der Waals surface area contributed by atoms with Crippen molar-refractivity contribution >= 4 is 23.4 Å². The molecule has 0 spiro atoms. The van der Waals surface area contributed by atoms with E-state index in [0.29, 0.717) is 34.9 Å². The molecule has 0 amide bonds. The molecular weight excluding hydrogens is 400 g/mol. The summed E-state index contributed by atoms with van der Waals surface area (Å²) in [6, 6.07) is 9.70. The van der Waals surface area contributed by atoms with Crippen molar-refractivity contribution in [2.45, 2.75) is 38.0 Å². The van der Waals surface area contributed by atoms with Crippen molar-refractivity contribution in [3.8, 4) is 11.8 Å². The summed E-state index contributed by atoms with van der Waals surface area (Å²) in [7, 11) is 3.12. The Morgan fingerprint density at radius 3 is 2.63 bits per heavy atom. The maximum atomic E-state index is 13.0. The number of aromatic nitrogens is 3. The molecule has 7 nitrogen and oxygen atoms in total. The van der Waals surface area contributed by atoms with Crippen LogP contribution in [-0.2, 0) is 12.3 Å². The summed E-state index contributed by atoms with van der Waals surface area (Å²) in [5.74, 6) is 2.03. The molecule has 0 saturated heterocycles. The van der Waals surface area contributed by atoms with Gasteiger partial charge in [-0.3, -0.25) is 9.36 Å². The van der Waals surface area contributed by atoms with Gasteiger partial charge in [0.15, 0.2) is 0 Å². The first-order valence-corrected chi connectivity index (χ1v) is 10.6. The van der Waals surface area contributed by atoms with Gasteiger partial charge in [-0.2, -0.15) is 4.98 Å². The molecule has 3 rings (SSSR count). The van der Waals surface area contributed by atoms with Crippen LogP contribution in [0.25, 0.3) is 0 Å². The highest BCUT2D eigenvalue weighted by Gasteiger charge is 2.13. The van der Waals surface area contributed by atoms with E-state index in [1.165, 1.54) is 17.3 Å². The number of rotatable bonds is 8. The average Bonchev–Trinajstić information content (AvgIpc) is 2.76. The number of nitrogens with one attached hydrogen (secondary N) is 1. The molecule has 0 aliphatic rings. The summed E-state index contributed by atoms with van der Waals surface area (Å²) in [4.78, 5) is 22.4. The van der Waals surface area contributed by atoms with Gasteiger partial charge >= 0.3 is 0 Å². The van der Waals surface area contributed by atoms with Gasteiger partial charge < -0.3 is 14.8 Å². The van der Waals surface area contributed by atoms with E-state index in [1.54, 1.807) is 31.0 Å². The largest absolute Gasteiger partial charge is 0.481 e. The number of hydrogen-bond acceptors (Lipinski definition) is 7. The topological polar surface area (TPSA) is 78.3 Å². The summed E-state index contributed by atoms with van der Waals surface area (Å²) < 4.78 is 12.1. The van der Waals surface area contributed by atoms with Gasteiger partial charge in [-0.05, 0) is 44.0 Å². The van der Waals surface area contributed by atoms with Crippen LogP contribution in [0.4, 0.5) is 11.6 Å². The molecule has 1 N–H and O–H groups in total. The number of benzene rings is 1. The molecule has 0 fully saturated rings. The lowest BCUT2D eigenvalue weighted by atomic mass is 10.1. The molecular formula is C22H26N4O3S. The van der Waals surface area contributed by atoms with Crippen molar-refractivity contribution in [2.75, 3.05) is 19.5 Å². The summed E-state index contributed by atoms with van der Waals surface area (Å²) >= 11 is 1.41. The molecule has 0 aliphatic heterocycles. The highest BCUT2D eigenvalue weighted by atomic mass is 32.2. The molecule has 8 heteroatoms. The number of nitrogens with zero attached hydrogens (tertiary/aromatic N) is 3. The van der Waals surface area contributed by atoms with E-state index in [4.69, 9.17) is 9.47 Å². The van der Waals surface area contributed by atoms with Gasteiger partial charge in [0, 0.05) is 29.6 Å². The van der Waals surface area contributed by atoms with Crippen LogP contribution in [0.3, 0.4) is 0 Å². The monoisotopic (exact) mass is 426 g/mol. The van der Waals surface area contributed by atoms with Gasteiger partial charge in [0.05, 0.1) is 25.3 Å². The first kappa shape index (κ1) is 21.7. The summed E-state index contributed by atoms with van der Waals surface area (Å²) in [6.07, 6.45) is 1.62. The van der Waals surface area contributed by atoms with Crippen LogP contribution >= 0.6 is 11.8 Å². The number of anilines is 2. The van der Waals surface area contributed by atoms with E-state index in [9.17, 15) is 4.79 Å². The quantitative estimate of drug-likeness (QED) is 0.537. The number of aryl methyl sites for hydroxylation is 1. The van der Waals surface area contributed by atoms with Crippen LogP contribution in [0.1, 0.15) is 23.6 Å². The molecule has 158 valence electrons. The second kappa shape index (κ2) is 9.67. The predicted octanol–water partition coefficient (Wildman–Crippen LogP) is 4.33. The Balaban J connectivity index is 1.84. The molecule has 30 heavy (non-hydrogen) atoms. The van der Waals surface area contributed by atoms with E-state index in [0.717, 1.165) is 16.8 Å². The molecule has 3 aromatic rings. The third-order valence-electron chi connectivity index (χ3n) is 4.88. The Kier molecular flexibility index (Phi) is 6.99. The van der Waals surface area contributed by atoms with E-state index in [-0.39, 0.29) is 5.56 Å². The lowest BCUT2D eigenvalue weighted by Gasteiger charge is -2.15. The van der Waals surface area contributed by atoms with Crippen LogP contribution in [0.15, 0.2) is 46.2 Å². The fraction of sp³-hybridized carbons (Fsp3) is 0.318. The SMILES string of the molecule is CCn1c(Nc2cccc(C)c2C)ncc(SCc2ccc(OC)nc2OC)c1=O. The zero-order valence-corrected chi connectivity index (χ0v) is 18.7. The number of ether oxygens (including phenoxy) is 2. The fourth-order valence-electron chi connectivity index (χ4n) is 2.98. The number of thioether (sulfide) groups is 1. The highest BCUT2D eigenvalue weighted by molar-refractivity contribution is 7.98. The Labute approximate surface area is 180 Å². The number of methoxy groups -OCH3 is 2. The molecule has 1 aromatic carbocycles. The second-order valence-electron chi connectivity index (χ2n) is 6.68. The standard InChI is InChI=1S/C22H26N4O3S/c1-6-26-21(27)18(30-13-16-10-11-19(28-4)25-20(16)29-5)12-23-22(26)24-17-9-7-8-14(2)15(17)3/h7-12H,6,13H2,1-5H3,(H,23,24). The second-order valence-corrected chi connectivity index (χ2v) is 7.70. The van der Waals surface area contributed by atoms with Crippen LogP contribution in [0.2, 0.25) is 0 Å². The zero-order chi connectivity index (χ0) is 21.7. The summed E-state index contributed by atoms with van der Waals surface area (Å²) in [5.41, 5.74) is 4.05. The van der Waals surface area contributed by atoms with Gasteiger partial charge in [0.1, 0.15) is 0 Å². The van der Waals surface area contributed by atoms with Gasteiger partial charge in [0.2, 0.25) is 17.7 Å². The van der Waals surface area contributed by atoms with Crippen LogP contribution in [0.5, 0.6) is 11.8 Å². The van der Waals surface area contributed by atoms with Gasteiger partial charge in [0.25, 0.3) is 5.56 Å². The lowest BCUT2D eigenvalue weighted by molar-refractivity contribution is 0.362. The van der Waals surface area contributed by atoms with Crippen LogP contribution < -0.4 is 20.3 Å². The molecule has 0 atom stereocenters. The maximum Gasteiger partial charge on any atom is 0.268 e. The number of hydrogen-bond donors (Lipinski definition) is 1. The lowest BCUT2D eigenvalue weighted by Crippen LogP contribution is -2.24. The normalized spacial score (nSPS) is 10.7. The molecule has 0 bridgehead atoms. The Morgan fingerprint density at radius 2 is 1.93 bits per heavy atom. The first-order chi connectivity index (χ1) is 14.5. The van der Waals surface area contributed by atoms with Crippen LogP contribution in [-0.4, -0.2) is 28.8 Å². The zero-order valence-electron chi connectivity index (χ0n) is 17.9. The van der Waals surface area contributed by atoms with Gasteiger partial charge in [-0.25, -0.2) is 4.98 Å². The van der Waals surface area contributed by atoms with Crippen molar-refractivity contribution in [1.82, 2.24) is 14.5 Å². The fourth-order valence-corrected chi connectivity index (χ4v) is 3.87. The summed E-state index contributed by atoms with van der Waals surface area (Å²) in [6.45, 7) is 6.55. The Morgan fingerprint density at radius 1 is 1.13 bits per heavy atom. The Hall–Kier alpha value is -3.00. The first-order valence-electron chi connectivity index (χ1n) is 9.62. The minimum atomic E-state index is -0.0780. The third kappa shape index (κ3) is 4.59. The number of pyridine rings is 1. The van der Waals surface area contributed by atoms with Gasteiger partial charge in [-0.15, -0.1) is 11.8 Å². The summed E-state index contributed by atoms with van der Waals surface area (Å²) in [5, 5.41) is 3.30. The minimum Gasteiger partial charge on any atom is -0.481 e. The molecule has 0 radical (unpaired) electrons. The van der Waals surface area contributed by atoms with Crippen molar-refractivity contribution in [3.63, 3.8) is 0 Å². The average molecular weight is 427 g/mol.